The van der Waals surface area contributed by atoms with Crippen molar-refractivity contribution in [3.63, 3.8) is 0 Å². The van der Waals surface area contributed by atoms with Gasteiger partial charge in [0.05, 0.1) is 21.2 Å². The van der Waals surface area contributed by atoms with Gasteiger partial charge in [0.2, 0.25) is 10.0 Å². The maximum absolute atomic E-state index is 12.4. The largest absolute Gasteiger partial charge is 0.506 e. The van der Waals surface area contributed by atoms with Crippen molar-refractivity contribution in [3.05, 3.63) is 53.1 Å². The number of para-hydroxylation sites is 2. The molecule has 1 amide bonds. The Hall–Kier alpha value is -2.09. The van der Waals surface area contributed by atoms with Crippen LogP contribution in [0, 0.1) is 0 Å². The Balaban J connectivity index is 2.35. The van der Waals surface area contributed by atoms with Crippen molar-refractivity contribution < 1.29 is 18.3 Å². The molecule has 2 rings (SSSR count). The second-order valence-electron chi connectivity index (χ2n) is 5.39. The van der Waals surface area contributed by atoms with Gasteiger partial charge in [-0.15, -0.1) is 0 Å². The van der Waals surface area contributed by atoms with E-state index in [1.807, 2.05) is 0 Å². The first-order valence-electron chi connectivity index (χ1n) is 7.12. The van der Waals surface area contributed by atoms with Gasteiger partial charge >= 0.3 is 0 Å². The van der Waals surface area contributed by atoms with Crippen molar-refractivity contribution in [3.8, 4) is 5.75 Å². The fraction of sp³-hybridized carbons (Fsp3) is 0.188. The van der Waals surface area contributed by atoms with Crippen molar-refractivity contribution in [2.75, 3.05) is 5.32 Å². The van der Waals surface area contributed by atoms with Crippen LogP contribution in [0.2, 0.25) is 5.02 Å². The Morgan fingerprint density at radius 1 is 1.17 bits per heavy atom. The lowest BCUT2D eigenvalue weighted by molar-refractivity contribution is 0.102. The zero-order chi connectivity index (χ0) is 17.9. The summed E-state index contributed by atoms with van der Waals surface area (Å²) in [5.74, 6) is -0.727. The molecule has 0 radical (unpaired) electrons. The fourth-order valence-electron chi connectivity index (χ4n) is 1.99. The van der Waals surface area contributed by atoms with Crippen LogP contribution in [0.3, 0.4) is 0 Å². The first-order valence-corrected chi connectivity index (χ1v) is 8.98. The van der Waals surface area contributed by atoms with Gasteiger partial charge in [0.1, 0.15) is 5.75 Å². The number of halogens is 1. The number of benzene rings is 2. The molecule has 0 fully saturated rings. The number of amides is 1. The molecule has 0 aromatic heterocycles. The highest BCUT2D eigenvalue weighted by atomic mass is 35.5. The third-order valence-corrected chi connectivity index (χ3v) is 5.02. The molecule has 0 aliphatic rings. The molecular formula is C16H17ClN2O4S. The molecule has 0 unspecified atom stereocenters. The highest BCUT2D eigenvalue weighted by molar-refractivity contribution is 7.89. The van der Waals surface area contributed by atoms with Gasteiger partial charge in [-0.3, -0.25) is 4.79 Å². The number of carbonyl (C=O) groups excluding carboxylic acids is 1. The van der Waals surface area contributed by atoms with Gasteiger partial charge in [-0.25, -0.2) is 13.1 Å². The number of aromatic hydroxyl groups is 1. The van der Waals surface area contributed by atoms with Crippen LogP contribution in [-0.4, -0.2) is 25.5 Å². The van der Waals surface area contributed by atoms with E-state index < -0.39 is 15.9 Å². The number of hydrogen-bond acceptors (Lipinski definition) is 4. The van der Waals surface area contributed by atoms with Gasteiger partial charge in [0, 0.05) is 6.04 Å². The second-order valence-corrected chi connectivity index (χ2v) is 7.51. The van der Waals surface area contributed by atoms with E-state index in [0.717, 1.165) is 0 Å². The predicted octanol–water partition coefficient (Wildman–Crippen LogP) is 2.98. The smallest absolute Gasteiger partial charge is 0.257 e. The summed E-state index contributed by atoms with van der Waals surface area (Å²) in [4.78, 5) is 12.3. The van der Waals surface area contributed by atoms with Crippen LogP contribution >= 0.6 is 11.6 Å². The summed E-state index contributed by atoms with van der Waals surface area (Å²) < 4.78 is 26.9. The molecule has 0 aliphatic carbocycles. The van der Waals surface area contributed by atoms with Crippen molar-refractivity contribution in [1.29, 1.82) is 0 Å². The van der Waals surface area contributed by atoms with Gasteiger partial charge in [-0.1, -0.05) is 23.7 Å². The maximum Gasteiger partial charge on any atom is 0.257 e. The van der Waals surface area contributed by atoms with Crippen LogP contribution in [-0.2, 0) is 10.0 Å². The van der Waals surface area contributed by atoms with Crippen LogP contribution in [0.4, 0.5) is 5.69 Å². The predicted molar refractivity (Wildman–Crippen MR) is 93.0 cm³/mol. The molecule has 128 valence electrons. The monoisotopic (exact) mass is 368 g/mol. The van der Waals surface area contributed by atoms with Crippen LogP contribution in [0.15, 0.2) is 47.4 Å². The minimum atomic E-state index is -3.75. The minimum absolute atomic E-state index is 0.00782. The van der Waals surface area contributed by atoms with Gasteiger partial charge in [0.15, 0.2) is 0 Å². The molecule has 0 spiro atoms. The zero-order valence-corrected chi connectivity index (χ0v) is 14.6. The molecule has 0 bridgehead atoms. The first kappa shape index (κ1) is 18.3. The van der Waals surface area contributed by atoms with Crippen LogP contribution in [0.1, 0.15) is 24.2 Å². The summed E-state index contributed by atoms with van der Waals surface area (Å²) in [5, 5.41) is 12.3. The Bertz CT molecular complexity index is 866. The first-order chi connectivity index (χ1) is 11.2. The maximum atomic E-state index is 12.4. The third-order valence-electron chi connectivity index (χ3n) is 3.04. The number of hydrogen-bond donors (Lipinski definition) is 3. The van der Waals surface area contributed by atoms with Gasteiger partial charge in [-0.05, 0) is 44.2 Å². The fourth-order valence-corrected chi connectivity index (χ4v) is 3.47. The Morgan fingerprint density at radius 2 is 1.83 bits per heavy atom. The lowest BCUT2D eigenvalue weighted by Gasteiger charge is -2.12. The number of nitrogens with one attached hydrogen (secondary N) is 2. The summed E-state index contributed by atoms with van der Waals surface area (Å²) in [5.41, 5.74) is 0.193. The minimum Gasteiger partial charge on any atom is -0.506 e. The second kappa shape index (κ2) is 7.21. The molecule has 8 heteroatoms. The van der Waals surface area contributed by atoms with E-state index in [1.165, 1.54) is 30.3 Å². The summed E-state index contributed by atoms with van der Waals surface area (Å²) in [7, 11) is -3.75. The summed E-state index contributed by atoms with van der Waals surface area (Å²) in [6.45, 7) is 3.39. The molecule has 24 heavy (non-hydrogen) atoms. The SMILES string of the molecule is CC(C)NS(=O)(=O)c1ccc(Cl)c(C(=O)Nc2ccccc2O)c1. The van der Waals surface area contributed by atoms with E-state index in [0.29, 0.717) is 0 Å². The molecule has 0 aliphatic heterocycles. The van der Waals surface area contributed by atoms with Crippen LogP contribution in [0.25, 0.3) is 0 Å². The van der Waals surface area contributed by atoms with E-state index >= 15 is 0 Å². The number of anilines is 1. The summed E-state index contributed by atoms with van der Waals surface area (Å²) in [6.07, 6.45) is 0. The Morgan fingerprint density at radius 3 is 2.46 bits per heavy atom. The van der Waals surface area contributed by atoms with E-state index in [9.17, 15) is 18.3 Å². The van der Waals surface area contributed by atoms with E-state index in [1.54, 1.807) is 26.0 Å². The highest BCUT2D eigenvalue weighted by Crippen LogP contribution is 2.25. The van der Waals surface area contributed by atoms with Crippen LogP contribution in [0.5, 0.6) is 5.75 Å². The molecule has 6 nitrogen and oxygen atoms in total. The zero-order valence-electron chi connectivity index (χ0n) is 13.1. The third kappa shape index (κ3) is 4.25. The van der Waals surface area contributed by atoms with Gasteiger partial charge < -0.3 is 10.4 Å². The number of phenols is 1. The molecule has 0 atom stereocenters. The molecule has 0 heterocycles. The van der Waals surface area contributed by atoms with Crippen molar-refractivity contribution in [2.45, 2.75) is 24.8 Å². The van der Waals surface area contributed by atoms with Crippen molar-refractivity contribution in [2.24, 2.45) is 0 Å². The summed E-state index contributed by atoms with van der Waals surface area (Å²) >= 11 is 6.01. The molecular weight excluding hydrogens is 352 g/mol. The molecule has 3 N–H and O–H groups in total. The lowest BCUT2D eigenvalue weighted by atomic mass is 10.2. The van der Waals surface area contributed by atoms with Gasteiger partial charge in [0.25, 0.3) is 5.91 Å². The topological polar surface area (TPSA) is 95.5 Å². The Kier molecular flexibility index (Phi) is 5.48. The molecule has 0 saturated heterocycles. The number of phenolic OH excluding ortho intramolecular Hbond substituents is 1. The number of rotatable bonds is 5. The van der Waals surface area contributed by atoms with E-state index in [-0.39, 0.29) is 33.0 Å². The lowest BCUT2D eigenvalue weighted by Crippen LogP contribution is -2.30. The molecule has 0 saturated carbocycles. The average Bonchev–Trinajstić information content (AvgIpc) is 2.48. The normalized spacial score (nSPS) is 11.5. The van der Waals surface area contributed by atoms with Crippen molar-refractivity contribution >= 4 is 33.2 Å². The van der Waals surface area contributed by atoms with Crippen molar-refractivity contribution in [1.82, 2.24) is 4.72 Å². The Labute approximate surface area is 145 Å². The molecule has 2 aromatic rings. The van der Waals surface area contributed by atoms with Gasteiger partial charge in [-0.2, -0.15) is 0 Å². The van der Waals surface area contributed by atoms with E-state index in [4.69, 9.17) is 11.6 Å². The number of carbonyl (C=O) groups is 1. The standard InChI is InChI=1S/C16H17ClN2O4S/c1-10(2)19-24(22,23)11-7-8-13(17)12(9-11)16(21)18-14-5-3-4-6-15(14)20/h3-10,19-20H,1-2H3,(H,18,21). The molecule has 2 aromatic carbocycles. The summed E-state index contributed by atoms with van der Waals surface area (Å²) in [6, 6.07) is 9.77. The highest BCUT2D eigenvalue weighted by Gasteiger charge is 2.20. The van der Waals surface area contributed by atoms with E-state index in [2.05, 4.69) is 10.0 Å². The van der Waals surface area contributed by atoms with Crippen LogP contribution < -0.4 is 10.0 Å². The quantitative estimate of drug-likeness (QED) is 0.707. The number of sulfonamides is 1. The average molecular weight is 369 g/mol.